The van der Waals surface area contributed by atoms with Crippen molar-refractivity contribution in [1.82, 2.24) is 5.32 Å². The van der Waals surface area contributed by atoms with Crippen molar-refractivity contribution in [2.75, 3.05) is 0 Å². The van der Waals surface area contributed by atoms with E-state index in [1.807, 2.05) is 13.8 Å². The van der Waals surface area contributed by atoms with Gasteiger partial charge in [0.25, 0.3) is 0 Å². The highest BCUT2D eigenvalue weighted by Crippen LogP contribution is 2.33. The molecule has 1 N–H and O–H groups in total. The summed E-state index contributed by atoms with van der Waals surface area (Å²) in [7, 11) is 0. The molecule has 0 bridgehead atoms. The molecule has 1 aromatic rings. The molecule has 0 radical (unpaired) electrons. The zero-order chi connectivity index (χ0) is 11.1. The number of alkyl carbamates (subject to hydrolysis) is 1. The average molecular weight is 209 g/mol. The Kier molecular flexibility index (Phi) is 2.14. The second kappa shape index (κ2) is 3.22. The van der Waals surface area contributed by atoms with E-state index in [-0.39, 0.29) is 11.9 Å². The summed E-state index contributed by atoms with van der Waals surface area (Å²) in [5, 5.41) is 2.70. The normalized spacial score (nSPS) is 23.4. The van der Waals surface area contributed by atoms with Gasteiger partial charge in [0.1, 0.15) is 11.4 Å². The lowest BCUT2D eigenvalue weighted by Crippen LogP contribution is -2.30. The maximum atomic E-state index is 12.7. The van der Waals surface area contributed by atoms with Crippen LogP contribution in [0.5, 0.6) is 0 Å². The first kappa shape index (κ1) is 9.96. The van der Waals surface area contributed by atoms with Crippen molar-refractivity contribution in [3.8, 4) is 0 Å². The SMILES string of the molecule is CC1(C)OC(=O)N[C@H]1c1ccc(F)cc1. The zero-order valence-corrected chi connectivity index (χ0v) is 8.58. The third-order valence-electron chi connectivity index (χ3n) is 2.52. The number of nitrogens with one attached hydrogen (secondary N) is 1. The highest BCUT2D eigenvalue weighted by atomic mass is 19.1. The van der Waals surface area contributed by atoms with Gasteiger partial charge in [-0.25, -0.2) is 9.18 Å². The molecular formula is C11H12FNO2. The fraction of sp³-hybridized carbons (Fsp3) is 0.364. The van der Waals surface area contributed by atoms with Crippen LogP contribution < -0.4 is 5.32 Å². The number of ether oxygens (including phenoxy) is 1. The van der Waals surface area contributed by atoms with Gasteiger partial charge in [-0.2, -0.15) is 0 Å². The molecule has 0 saturated carbocycles. The van der Waals surface area contributed by atoms with E-state index in [0.29, 0.717) is 0 Å². The minimum atomic E-state index is -0.602. The Morgan fingerprint density at radius 3 is 2.40 bits per heavy atom. The highest BCUT2D eigenvalue weighted by Gasteiger charge is 2.42. The summed E-state index contributed by atoms with van der Waals surface area (Å²) in [6.07, 6.45) is -0.436. The molecule has 1 atom stereocenters. The van der Waals surface area contributed by atoms with Crippen LogP contribution in [0, 0.1) is 5.82 Å². The summed E-state index contributed by atoms with van der Waals surface area (Å²) in [5.74, 6) is -0.290. The van der Waals surface area contributed by atoms with Crippen molar-refractivity contribution in [1.29, 1.82) is 0 Å². The molecule has 3 nitrogen and oxygen atoms in total. The van der Waals surface area contributed by atoms with E-state index in [1.165, 1.54) is 12.1 Å². The fourth-order valence-electron chi connectivity index (χ4n) is 1.76. The van der Waals surface area contributed by atoms with Crippen LogP contribution in [0.3, 0.4) is 0 Å². The third kappa shape index (κ3) is 1.79. The smallest absolute Gasteiger partial charge is 0.408 e. The molecule has 15 heavy (non-hydrogen) atoms. The lowest BCUT2D eigenvalue weighted by molar-refractivity contribution is 0.0684. The molecule has 2 rings (SSSR count). The van der Waals surface area contributed by atoms with Crippen LogP contribution in [0.2, 0.25) is 0 Å². The van der Waals surface area contributed by atoms with E-state index in [1.54, 1.807) is 12.1 Å². The second-order valence-electron chi connectivity index (χ2n) is 4.12. The number of carbonyl (C=O) groups excluding carboxylic acids is 1. The minimum absolute atomic E-state index is 0.231. The molecule has 80 valence electrons. The lowest BCUT2D eigenvalue weighted by atomic mass is 9.93. The van der Waals surface area contributed by atoms with E-state index in [0.717, 1.165) is 5.56 Å². The fourth-order valence-corrected chi connectivity index (χ4v) is 1.76. The van der Waals surface area contributed by atoms with Crippen LogP contribution in [0.1, 0.15) is 25.5 Å². The van der Waals surface area contributed by atoms with Crippen LogP contribution in [-0.2, 0) is 4.74 Å². The Hall–Kier alpha value is -1.58. The number of amides is 1. The number of cyclic esters (lactones) is 1. The van der Waals surface area contributed by atoms with Crippen molar-refractivity contribution in [2.24, 2.45) is 0 Å². The molecule has 1 saturated heterocycles. The van der Waals surface area contributed by atoms with Gasteiger partial charge in [-0.05, 0) is 31.5 Å². The third-order valence-corrected chi connectivity index (χ3v) is 2.52. The summed E-state index contributed by atoms with van der Waals surface area (Å²) in [6.45, 7) is 3.64. The summed E-state index contributed by atoms with van der Waals surface area (Å²) >= 11 is 0. The van der Waals surface area contributed by atoms with Crippen molar-refractivity contribution in [3.63, 3.8) is 0 Å². The molecular weight excluding hydrogens is 197 g/mol. The summed E-state index contributed by atoms with van der Waals surface area (Å²) in [6, 6.07) is 5.81. The molecule has 1 heterocycles. The van der Waals surface area contributed by atoms with E-state index < -0.39 is 11.7 Å². The van der Waals surface area contributed by atoms with Gasteiger partial charge in [0, 0.05) is 0 Å². The summed E-state index contributed by atoms with van der Waals surface area (Å²) in [5.41, 5.74) is 0.238. The molecule has 0 unspecified atom stereocenters. The van der Waals surface area contributed by atoms with Crippen molar-refractivity contribution < 1.29 is 13.9 Å². The molecule has 1 amide bonds. The molecule has 0 aromatic heterocycles. The largest absolute Gasteiger partial charge is 0.441 e. The van der Waals surface area contributed by atoms with Gasteiger partial charge in [-0.1, -0.05) is 12.1 Å². The molecule has 0 aliphatic carbocycles. The van der Waals surface area contributed by atoms with Crippen LogP contribution in [0.15, 0.2) is 24.3 Å². The monoisotopic (exact) mass is 209 g/mol. The summed E-state index contributed by atoms with van der Waals surface area (Å²) < 4.78 is 17.8. The number of hydrogen-bond acceptors (Lipinski definition) is 2. The van der Waals surface area contributed by atoms with E-state index >= 15 is 0 Å². The van der Waals surface area contributed by atoms with Gasteiger partial charge < -0.3 is 10.1 Å². The van der Waals surface area contributed by atoms with E-state index in [9.17, 15) is 9.18 Å². The van der Waals surface area contributed by atoms with Gasteiger partial charge in [0.15, 0.2) is 0 Å². The first-order valence-corrected chi connectivity index (χ1v) is 4.74. The Bertz CT molecular complexity index is 386. The van der Waals surface area contributed by atoms with Crippen LogP contribution in [0.25, 0.3) is 0 Å². The van der Waals surface area contributed by atoms with Crippen LogP contribution in [-0.4, -0.2) is 11.7 Å². The van der Waals surface area contributed by atoms with Crippen LogP contribution in [0.4, 0.5) is 9.18 Å². The highest BCUT2D eigenvalue weighted by molar-refractivity contribution is 5.71. The quantitative estimate of drug-likeness (QED) is 0.771. The Morgan fingerprint density at radius 1 is 1.33 bits per heavy atom. The van der Waals surface area contributed by atoms with Crippen molar-refractivity contribution in [3.05, 3.63) is 35.6 Å². The zero-order valence-electron chi connectivity index (χ0n) is 8.58. The molecule has 1 aliphatic rings. The molecule has 1 aromatic carbocycles. The molecule has 1 aliphatic heterocycles. The van der Waals surface area contributed by atoms with Gasteiger partial charge in [-0.15, -0.1) is 0 Å². The first-order chi connectivity index (χ1) is 6.99. The van der Waals surface area contributed by atoms with Crippen molar-refractivity contribution in [2.45, 2.75) is 25.5 Å². The molecule has 1 fully saturated rings. The average Bonchev–Trinajstić information content (AvgIpc) is 2.41. The lowest BCUT2D eigenvalue weighted by Gasteiger charge is -2.23. The standard InChI is InChI=1S/C11H12FNO2/c1-11(2)9(13-10(14)15-11)7-3-5-8(12)6-4-7/h3-6,9H,1-2H3,(H,13,14)/t9-/m0/s1. The number of rotatable bonds is 1. The summed E-state index contributed by atoms with van der Waals surface area (Å²) in [4.78, 5) is 11.1. The van der Waals surface area contributed by atoms with Gasteiger partial charge in [-0.3, -0.25) is 0 Å². The van der Waals surface area contributed by atoms with E-state index in [2.05, 4.69) is 5.32 Å². The maximum Gasteiger partial charge on any atom is 0.408 e. The number of benzene rings is 1. The minimum Gasteiger partial charge on any atom is -0.441 e. The molecule has 4 heteroatoms. The number of carbonyl (C=O) groups is 1. The Labute approximate surface area is 87.2 Å². The Balaban J connectivity index is 2.31. The van der Waals surface area contributed by atoms with Gasteiger partial charge >= 0.3 is 6.09 Å². The topological polar surface area (TPSA) is 38.3 Å². The number of halogens is 1. The van der Waals surface area contributed by atoms with Crippen molar-refractivity contribution >= 4 is 6.09 Å². The second-order valence-corrected chi connectivity index (χ2v) is 4.12. The first-order valence-electron chi connectivity index (χ1n) is 4.74. The van der Waals surface area contributed by atoms with Gasteiger partial charge in [0.05, 0.1) is 6.04 Å². The predicted molar refractivity (Wildman–Crippen MR) is 52.8 cm³/mol. The Morgan fingerprint density at radius 2 is 1.93 bits per heavy atom. The predicted octanol–water partition coefficient (Wildman–Crippen LogP) is 2.39. The molecule has 0 spiro atoms. The van der Waals surface area contributed by atoms with E-state index in [4.69, 9.17) is 4.74 Å². The number of hydrogen-bond donors (Lipinski definition) is 1. The maximum absolute atomic E-state index is 12.7. The van der Waals surface area contributed by atoms with Gasteiger partial charge in [0.2, 0.25) is 0 Å². The van der Waals surface area contributed by atoms with Crippen LogP contribution >= 0.6 is 0 Å².